The highest BCUT2D eigenvalue weighted by Gasteiger charge is 2.29. The van der Waals surface area contributed by atoms with E-state index in [1.807, 2.05) is 0 Å². The Morgan fingerprint density at radius 3 is 2.82 bits per heavy atom. The van der Waals surface area contributed by atoms with E-state index in [4.69, 9.17) is 10.5 Å². The summed E-state index contributed by atoms with van der Waals surface area (Å²) in [4.78, 5) is 0. The molecule has 1 aliphatic rings. The summed E-state index contributed by atoms with van der Waals surface area (Å²) in [6, 6.07) is 0.533. The molecule has 1 atom stereocenters. The van der Waals surface area contributed by atoms with Gasteiger partial charge in [-0.25, -0.2) is 0 Å². The minimum atomic E-state index is 0.533. The predicted molar refractivity (Wildman–Crippen MR) is 45.4 cm³/mol. The second-order valence-corrected chi connectivity index (χ2v) is 3.13. The highest BCUT2D eigenvalue weighted by molar-refractivity contribution is 4.86. The Morgan fingerprint density at radius 2 is 2.36 bits per heavy atom. The lowest BCUT2D eigenvalue weighted by Crippen LogP contribution is -2.39. The van der Waals surface area contributed by atoms with Crippen molar-refractivity contribution in [3.05, 3.63) is 0 Å². The van der Waals surface area contributed by atoms with Gasteiger partial charge in [0.05, 0.1) is 6.61 Å². The van der Waals surface area contributed by atoms with Gasteiger partial charge in [-0.1, -0.05) is 0 Å². The van der Waals surface area contributed by atoms with Gasteiger partial charge >= 0.3 is 0 Å². The minimum absolute atomic E-state index is 0.533. The summed E-state index contributed by atoms with van der Waals surface area (Å²) in [7, 11) is 1.72. The molecule has 0 aromatic heterocycles. The summed E-state index contributed by atoms with van der Waals surface area (Å²) >= 11 is 0. The summed E-state index contributed by atoms with van der Waals surface area (Å²) in [6.07, 6.45) is 2.70. The first-order valence-electron chi connectivity index (χ1n) is 4.31. The fourth-order valence-corrected chi connectivity index (χ4v) is 1.29. The first-order valence-corrected chi connectivity index (χ1v) is 4.31. The molecular formula is C8H18N2O. The lowest BCUT2D eigenvalue weighted by molar-refractivity contribution is 0.194. The number of nitrogens with one attached hydrogen (secondary N) is 1. The molecule has 3 nitrogen and oxygen atoms in total. The van der Waals surface area contributed by atoms with Crippen LogP contribution in [0.25, 0.3) is 0 Å². The fourth-order valence-electron chi connectivity index (χ4n) is 1.29. The van der Waals surface area contributed by atoms with Gasteiger partial charge in [0.2, 0.25) is 0 Å². The van der Waals surface area contributed by atoms with Crippen LogP contribution in [-0.4, -0.2) is 32.8 Å². The Balaban J connectivity index is 2.01. The van der Waals surface area contributed by atoms with E-state index >= 15 is 0 Å². The molecule has 1 aliphatic carbocycles. The van der Waals surface area contributed by atoms with E-state index in [1.54, 1.807) is 7.11 Å². The van der Waals surface area contributed by atoms with Crippen LogP contribution in [0.4, 0.5) is 0 Å². The molecule has 0 aromatic rings. The fraction of sp³-hybridized carbons (Fsp3) is 1.00. The largest absolute Gasteiger partial charge is 0.383 e. The molecule has 1 saturated carbocycles. The van der Waals surface area contributed by atoms with E-state index in [0.29, 0.717) is 6.04 Å². The number of hydrogen-bond acceptors (Lipinski definition) is 3. The van der Waals surface area contributed by atoms with Gasteiger partial charge in [0.25, 0.3) is 0 Å². The van der Waals surface area contributed by atoms with Crippen molar-refractivity contribution in [2.45, 2.75) is 18.9 Å². The van der Waals surface area contributed by atoms with Crippen LogP contribution in [0.2, 0.25) is 0 Å². The van der Waals surface area contributed by atoms with E-state index in [9.17, 15) is 0 Å². The zero-order valence-corrected chi connectivity index (χ0v) is 7.18. The van der Waals surface area contributed by atoms with Crippen LogP contribution >= 0.6 is 0 Å². The Bertz CT molecular complexity index is 104. The average molecular weight is 158 g/mol. The summed E-state index contributed by atoms with van der Waals surface area (Å²) in [6.45, 7) is 2.46. The molecule has 0 aromatic carbocycles. The normalized spacial score (nSPS) is 20.2. The Morgan fingerprint density at radius 1 is 1.64 bits per heavy atom. The van der Waals surface area contributed by atoms with Crippen LogP contribution in [0, 0.1) is 5.92 Å². The second-order valence-electron chi connectivity index (χ2n) is 3.13. The van der Waals surface area contributed by atoms with Crippen LogP contribution in [0.15, 0.2) is 0 Å². The van der Waals surface area contributed by atoms with Gasteiger partial charge in [-0.2, -0.15) is 0 Å². The van der Waals surface area contributed by atoms with Gasteiger partial charge in [-0.15, -0.1) is 0 Å². The third-order valence-electron chi connectivity index (χ3n) is 2.16. The van der Waals surface area contributed by atoms with E-state index in [-0.39, 0.29) is 0 Å². The van der Waals surface area contributed by atoms with Gasteiger partial charge < -0.3 is 15.8 Å². The van der Waals surface area contributed by atoms with Crippen molar-refractivity contribution in [1.82, 2.24) is 5.32 Å². The maximum atomic E-state index is 5.59. The van der Waals surface area contributed by atoms with Crippen molar-refractivity contribution in [1.29, 1.82) is 0 Å². The van der Waals surface area contributed by atoms with Crippen molar-refractivity contribution in [2.75, 3.05) is 26.8 Å². The molecule has 1 fully saturated rings. The van der Waals surface area contributed by atoms with Crippen molar-refractivity contribution < 1.29 is 4.74 Å². The van der Waals surface area contributed by atoms with Crippen molar-refractivity contribution in [3.63, 3.8) is 0 Å². The van der Waals surface area contributed by atoms with Crippen LogP contribution in [0.1, 0.15) is 12.8 Å². The summed E-state index contributed by atoms with van der Waals surface area (Å²) in [5.41, 5.74) is 5.59. The van der Waals surface area contributed by atoms with E-state index in [1.165, 1.54) is 12.8 Å². The predicted octanol–water partition coefficient (Wildman–Crippen LogP) is -0.0403. The van der Waals surface area contributed by atoms with Crippen molar-refractivity contribution in [2.24, 2.45) is 11.7 Å². The molecule has 0 spiro atoms. The molecule has 0 saturated heterocycles. The highest BCUT2D eigenvalue weighted by atomic mass is 16.5. The Kier molecular flexibility index (Phi) is 3.83. The van der Waals surface area contributed by atoms with Gasteiger partial charge in [0.1, 0.15) is 0 Å². The lowest BCUT2D eigenvalue weighted by Gasteiger charge is -2.14. The first kappa shape index (κ1) is 8.97. The van der Waals surface area contributed by atoms with Gasteiger partial charge in [0.15, 0.2) is 0 Å². The van der Waals surface area contributed by atoms with Crippen LogP contribution in [-0.2, 0) is 4.74 Å². The minimum Gasteiger partial charge on any atom is -0.383 e. The Hall–Kier alpha value is -0.120. The third kappa shape index (κ3) is 3.18. The van der Waals surface area contributed by atoms with Crippen LogP contribution < -0.4 is 11.1 Å². The molecular weight excluding hydrogens is 140 g/mol. The molecule has 66 valence electrons. The molecule has 0 amide bonds. The standard InChI is InChI=1S/C8H18N2O/c1-11-5-4-10-8(6-9)7-2-3-7/h7-8,10H,2-6,9H2,1H3. The SMILES string of the molecule is COCCNC(CN)C1CC1. The topological polar surface area (TPSA) is 47.3 Å². The molecule has 3 N–H and O–H groups in total. The second kappa shape index (κ2) is 4.70. The first-order chi connectivity index (χ1) is 5.38. The van der Waals surface area contributed by atoms with Crippen LogP contribution in [0.5, 0.6) is 0 Å². The number of ether oxygens (including phenoxy) is 1. The molecule has 3 heteroatoms. The molecule has 0 radical (unpaired) electrons. The average Bonchev–Trinajstić information content (AvgIpc) is 2.81. The number of nitrogens with two attached hydrogens (primary N) is 1. The third-order valence-corrected chi connectivity index (χ3v) is 2.16. The Labute approximate surface area is 68.3 Å². The monoisotopic (exact) mass is 158 g/mol. The number of methoxy groups -OCH3 is 1. The number of hydrogen-bond donors (Lipinski definition) is 2. The molecule has 0 heterocycles. The van der Waals surface area contributed by atoms with Crippen molar-refractivity contribution in [3.8, 4) is 0 Å². The van der Waals surface area contributed by atoms with E-state index < -0.39 is 0 Å². The molecule has 11 heavy (non-hydrogen) atoms. The van der Waals surface area contributed by atoms with E-state index in [2.05, 4.69) is 5.32 Å². The molecule has 1 unspecified atom stereocenters. The van der Waals surface area contributed by atoms with Crippen molar-refractivity contribution >= 4 is 0 Å². The quantitative estimate of drug-likeness (QED) is 0.533. The summed E-state index contributed by atoms with van der Waals surface area (Å²) in [5, 5.41) is 3.38. The number of rotatable bonds is 6. The van der Waals surface area contributed by atoms with Gasteiger partial charge in [-0.3, -0.25) is 0 Å². The smallest absolute Gasteiger partial charge is 0.0587 e. The molecule has 1 rings (SSSR count). The summed E-state index contributed by atoms with van der Waals surface area (Å²) in [5.74, 6) is 0.844. The van der Waals surface area contributed by atoms with Gasteiger partial charge in [0, 0.05) is 26.2 Å². The molecule has 0 bridgehead atoms. The lowest BCUT2D eigenvalue weighted by atomic mass is 10.2. The zero-order chi connectivity index (χ0) is 8.10. The highest BCUT2D eigenvalue weighted by Crippen LogP contribution is 2.31. The van der Waals surface area contributed by atoms with Crippen LogP contribution in [0.3, 0.4) is 0 Å². The maximum Gasteiger partial charge on any atom is 0.0587 e. The zero-order valence-electron chi connectivity index (χ0n) is 7.18. The summed E-state index contributed by atoms with van der Waals surface area (Å²) < 4.78 is 4.93. The van der Waals surface area contributed by atoms with Gasteiger partial charge in [-0.05, 0) is 18.8 Å². The molecule has 0 aliphatic heterocycles. The van der Waals surface area contributed by atoms with E-state index in [0.717, 1.165) is 25.6 Å². The maximum absolute atomic E-state index is 5.59.